The van der Waals surface area contributed by atoms with Crippen LogP contribution in [0, 0.1) is 0 Å². The molecular weight excluding hydrogens is 368 g/mol. The van der Waals surface area contributed by atoms with E-state index in [9.17, 15) is 10.2 Å². The highest BCUT2D eigenvalue weighted by atomic mass is 32.1. The molecule has 0 amide bonds. The maximum atomic E-state index is 9.74. The van der Waals surface area contributed by atoms with Gasteiger partial charge in [-0.15, -0.1) is 11.3 Å². The van der Waals surface area contributed by atoms with Crippen LogP contribution in [0.5, 0.6) is 28.7 Å². The third kappa shape index (κ3) is 3.56. The molecule has 0 spiro atoms. The molecule has 142 valence electrons. The molecule has 0 saturated heterocycles. The maximum Gasteiger partial charge on any atom is 0.203 e. The highest BCUT2D eigenvalue weighted by Crippen LogP contribution is 2.40. The van der Waals surface area contributed by atoms with E-state index in [1.807, 2.05) is 17.0 Å². The zero-order valence-electron chi connectivity index (χ0n) is 15.4. The van der Waals surface area contributed by atoms with Gasteiger partial charge in [-0.1, -0.05) is 0 Å². The Morgan fingerprint density at radius 3 is 2.15 bits per heavy atom. The van der Waals surface area contributed by atoms with Crippen LogP contribution in [0.1, 0.15) is 0 Å². The Morgan fingerprint density at radius 2 is 1.59 bits per heavy atom. The van der Waals surface area contributed by atoms with Crippen LogP contribution in [0.3, 0.4) is 0 Å². The van der Waals surface area contributed by atoms with Crippen LogP contribution in [-0.4, -0.2) is 36.1 Å². The van der Waals surface area contributed by atoms with Crippen molar-refractivity contribution in [3.63, 3.8) is 0 Å². The van der Waals surface area contributed by atoms with Gasteiger partial charge in [0.15, 0.2) is 27.8 Å². The summed E-state index contributed by atoms with van der Waals surface area (Å²) in [5.74, 6) is 1.24. The molecule has 0 aliphatic carbocycles. The van der Waals surface area contributed by atoms with Crippen LogP contribution in [-0.2, 0) is 7.05 Å². The molecule has 7 nitrogen and oxygen atoms in total. The number of hydrogen-bond acceptors (Lipinski definition) is 7. The number of phenols is 2. The normalized spacial score (nSPS) is 11.5. The molecule has 0 fully saturated rings. The molecule has 2 N–H and O–H groups in total. The van der Waals surface area contributed by atoms with Gasteiger partial charge in [-0.05, 0) is 18.2 Å². The third-order valence-electron chi connectivity index (χ3n) is 4.07. The summed E-state index contributed by atoms with van der Waals surface area (Å²) < 4.78 is 18.0. The number of methoxy groups -OCH3 is 3. The van der Waals surface area contributed by atoms with E-state index in [4.69, 9.17) is 14.2 Å². The van der Waals surface area contributed by atoms with Crippen LogP contribution in [0.15, 0.2) is 40.7 Å². The molecule has 2 aromatic carbocycles. The van der Waals surface area contributed by atoms with Gasteiger partial charge in [0, 0.05) is 30.1 Å². The molecule has 3 aromatic rings. The van der Waals surface area contributed by atoms with Crippen LogP contribution >= 0.6 is 11.3 Å². The quantitative estimate of drug-likeness (QED) is 0.654. The highest BCUT2D eigenvalue weighted by Gasteiger charge is 2.13. The van der Waals surface area contributed by atoms with Crippen molar-refractivity contribution in [2.45, 2.75) is 0 Å². The summed E-state index contributed by atoms with van der Waals surface area (Å²) in [4.78, 5) is 5.42. The number of rotatable bonds is 5. The minimum atomic E-state index is -0.165. The van der Waals surface area contributed by atoms with Gasteiger partial charge in [-0.2, -0.15) is 0 Å². The smallest absolute Gasteiger partial charge is 0.203 e. The van der Waals surface area contributed by atoms with Crippen molar-refractivity contribution in [1.29, 1.82) is 0 Å². The number of aromatic hydroxyl groups is 2. The number of phenolic OH excluding ortho intramolecular Hbond substituents is 2. The first-order chi connectivity index (χ1) is 13.0. The Kier molecular flexibility index (Phi) is 5.27. The fourth-order valence-electron chi connectivity index (χ4n) is 2.66. The van der Waals surface area contributed by atoms with Crippen molar-refractivity contribution in [2.75, 3.05) is 21.3 Å². The topological polar surface area (TPSA) is 85.4 Å². The zero-order chi connectivity index (χ0) is 19.6. The second kappa shape index (κ2) is 7.63. The van der Waals surface area contributed by atoms with Gasteiger partial charge < -0.3 is 29.0 Å². The first kappa shape index (κ1) is 18.7. The van der Waals surface area contributed by atoms with Gasteiger partial charge in [0.25, 0.3) is 0 Å². The summed E-state index contributed by atoms with van der Waals surface area (Å²) in [5, 5.41) is 21.2. The van der Waals surface area contributed by atoms with Gasteiger partial charge in [-0.25, -0.2) is 4.99 Å². The summed E-state index contributed by atoms with van der Waals surface area (Å²) in [6.07, 6.45) is 0. The number of nitrogens with zero attached hydrogens (tertiary/aromatic N) is 2. The van der Waals surface area contributed by atoms with Gasteiger partial charge in [0.1, 0.15) is 0 Å². The molecule has 3 rings (SSSR count). The Morgan fingerprint density at radius 1 is 0.926 bits per heavy atom. The molecule has 0 unspecified atom stereocenters. The lowest BCUT2D eigenvalue weighted by Crippen LogP contribution is -2.10. The monoisotopic (exact) mass is 388 g/mol. The second-order valence-electron chi connectivity index (χ2n) is 5.66. The molecule has 1 heterocycles. The minimum Gasteiger partial charge on any atom is -0.504 e. The van der Waals surface area contributed by atoms with E-state index in [1.165, 1.54) is 23.5 Å². The first-order valence-corrected chi connectivity index (χ1v) is 8.88. The molecule has 8 heteroatoms. The number of aromatic nitrogens is 1. The molecule has 0 atom stereocenters. The van der Waals surface area contributed by atoms with E-state index in [-0.39, 0.29) is 11.5 Å². The number of hydrogen-bond donors (Lipinski definition) is 2. The van der Waals surface area contributed by atoms with E-state index in [0.29, 0.717) is 22.9 Å². The van der Waals surface area contributed by atoms with Crippen molar-refractivity contribution < 1.29 is 24.4 Å². The van der Waals surface area contributed by atoms with Crippen molar-refractivity contribution in [3.05, 3.63) is 40.5 Å². The zero-order valence-corrected chi connectivity index (χ0v) is 16.2. The standard InChI is InChI=1S/C19H20N2O5S/c1-21-13(11-5-6-14(22)15(23)7-11)10-27-19(21)20-12-8-16(24-2)18(26-4)17(9-12)25-3/h5-10,22-23H,1-4H3. The Labute approximate surface area is 160 Å². The second-order valence-corrected chi connectivity index (χ2v) is 6.50. The molecule has 0 aliphatic rings. The summed E-state index contributed by atoms with van der Waals surface area (Å²) in [7, 11) is 6.55. The predicted molar refractivity (Wildman–Crippen MR) is 103 cm³/mol. The fraction of sp³-hybridized carbons (Fsp3) is 0.211. The van der Waals surface area contributed by atoms with Crippen LogP contribution < -0.4 is 19.0 Å². The average molecular weight is 388 g/mol. The Balaban J connectivity index is 2.09. The Hall–Kier alpha value is -3.13. The van der Waals surface area contributed by atoms with Crippen LogP contribution in [0.4, 0.5) is 5.69 Å². The molecule has 0 saturated carbocycles. The summed E-state index contributed by atoms with van der Waals surface area (Å²) in [5.41, 5.74) is 2.29. The van der Waals surface area contributed by atoms with Gasteiger partial charge >= 0.3 is 0 Å². The molecule has 0 aliphatic heterocycles. The molecular formula is C19H20N2O5S. The molecule has 0 radical (unpaired) electrons. The summed E-state index contributed by atoms with van der Waals surface area (Å²) >= 11 is 1.45. The lowest BCUT2D eigenvalue weighted by Gasteiger charge is -2.12. The molecule has 1 aromatic heterocycles. The van der Waals surface area contributed by atoms with Crippen LogP contribution in [0.25, 0.3) is 11.3 Å². The fourth-order valence-corrected chi connectivity index (χ4v) is 3.58. The lowest BCUT2D eigenvalue weighted by molar-refractivity contribution is 0.324. The first-order valence-electron chi connectivity index (χ1n) is 8.00. The SMILES string of the molecule is COc1cc(N=c2scc(-c3ccc(O)c(O)c3)n2C)cc(OC)c1OC. The number of benzene rings is 2. The van der Waals surface area contributed by atoms with E-state index in [2.05, 4.69) is 4.99 Å². The third-order valence-corrected chi connectivity index (χ3v) is 4.99. The van der Waals surface area contributed by atoms with Crippen LogP contribution in [0.2, 0.25) is 0 Å². The predicted octanol–water partition coefficient (Wildman–Crippen LogP) is 3.42. The minimum absolute atomic E-state index is 0.154. The van der Waals surface area contributed by atoms with Gasteiger partial charge in [0.2, 0.25) is 5.75 Å². The number of thiazole rings is 1. The largest absolute Gasteiger partial charge is 0.504 e. The average Bonchev–Trinajstić information content (AvgIpc) is 3.03. The van der Waals surface area contributed by atoms with Crippen molar-refractivity contribution in [1.82, 2.24) is 4.57 Å². The summed E-state index contributed by atoms with van der Waals surface area (Å²) in [6, 6.07) is 8.25. The summed E-state index contributed by atoms with van der Waals surface area (Å²) in [6.45, 7) is 0. The van der Waals surface area contributed by atoms with Gasteiger partial charge in [-0.3, -0.25) is 0 Å². The van der Waals surface area contributed by atoms with Crippen molar-refractivity contribution in [2.24, 2.45) is 12.0 Å². The molecule has 27 heavy (non-hydrogen) atoms. The van der Waals surface area contributed by atoms with Crippen molar-refractivity contribution >= 4 is 17.0 Å². The number of ether oxygens (including phenoxy) is 3. The maximum absolute atomic E-state index is 9.74. The lowest BCUT2D eigenvalue weighted by atomic mass is 10.1. The van der Waals surface area contributed by atoms with Crippen molar-refractivity contribution in [3.8, 4) is 40.0 Å². The van der Waals surface area contributed by atoms with E-state index in [1.54, 1.807) is 39.5 Å². The van der Waals surface area contributed by atoms with E-state index in [0.717, 1.165) is 16.1 Å². The molecule has 0 bridgehead atoms. The van der Waals surface area contributed by atoms with E-state index < -0.39 is 0 Å². The van der Waals surface area contributed by atoms with Gasteiger partial charge in [0.05, 0.1) is 32.7 Å². The van der Waals surface area contributed by atoms with E-state index >= 15 is 0 Å². The Bertz CT molecular complexity index is 1010. The highest BCUT2D eigenvalue weighted by molar-refractivity contribution is 7.07.